The van der Waals surface area contributed by atoms with Crippen LogP contribution in [0.3, 0.4) is 0 Å². The van der Waals surface area contributed by atoms with Gasteiger partial charge in [0.05, 0.1) is 5.37 Å². The summed E-state index contributed by atoms with van der Waals surface area (Å²) in [7, 11) is 4.09. The van der Waals surface area contributed by atoms with E-state index in [4.69, 9.17) is 0 Å². The van der Waals surface area contributed by atoms with Gasteiger partial charge in [0, 0.05) is 24.4 Å². The van der Waals surface area contributed by atoms with E-state index in [0.717, 1.165) is 37.2 Å². The van der Waals surface area contributed by atoms with E-state index < -0.39 is 0 Å². The van der Waals surface area contributed by atoms with Crippen LogP contribution in [-0.2, 0) is 6.54 Å². The highest BCUT2D eigenvalue weighted by Gasteiger charge is 2.29. The smallest absolute Gasteiger partial charge is 0.254 e. The Balaban J connectivity index is 2.12. The van der Waals surface area contributed by atoms with Crippen LogP contribution in [0.25, 0.3) is 0 Å². The van der Waals surface area contributed by atoms with Gasteiger partial charge in [-0.3, -0.25) is 4.79 Å². The molecule has 1 aliphatic rings. The molecule has 0 aliphatic carbocycles. The molecule has 4 heteroatoms. The zero-order chi connectivity index (χ0) is 14.5. The molecule has 1 heterocycles. The Morgan fingerprint density at radius 1 is 1.45 bits per heavy atom. The lowest BCUT2D eigenvalue weighted by molar-refractivity contribution is 0.0756. The molecule has 0 aromatic heterocycles. The van der Waals surface area contributed by atoms with Crippen LogP contribution < -0.4 is 0 Å². The fraction of sp³-hybridized carbons (Fsp3) is 0.562. The van der Waals surface area contributed by atoms with E-state index in [1.54, 1.807) is 0 Å². The highest BCUT2D eigenvalue weighted by molar-refractivity contribution is 8.00. The van der Waals surface area contributed by atoms with Crippen LogP contribution >= 0.6 is 11.8 Å². The van der Waals surface area contributed by atoms with Crippen molar-refractivity contribution < 1.29 is 4.79 Å². The first-order valence-electron chi connectivity index (χ1n) is 7.28. The van der Waals surface area contributed by atoms with E-state index in [9.17, 15) is 4.79 Å². The van der Waals surface area contributed by atoms with Crippen molar-refractivity contribution in [1.29, 1.82) is 0 Å². The average Bonchev–Trinajstić information content (AvgIpc) is 2.86. The number of hydrogen-bond donors (Lipinski definition) is 0. The molecule has 1 saturated heterocycles. The molecule has 1 aliphatic heterocycles. The average molecular weight is 292 g/mol. The van der Waals surface area contributed by atoms with Crippen LogP contribution in [0.4, 0.5) is 0 Å². The van der Waals surface area contributed by atoms with E-state index in [1.807, 2.05) is 49.0 Å². The minimum atomic E-state index is 0.189. The Morgan fingerprint density at radius 3 is 2.95 bits per heavy atom. The maximum absolute atomic E-state index is 12.7. The van der Waals surface area contributed by atoms with Gasteiger partial charge in [-0.05, 0) is 38.2 Å². The fourth-order valence-electron chi connectivity index (χ4n) is 2.57. The van der Waals surface area contributed by atoms with E-state index in [2.05, 4.69) is 17.9 Å². The number of amides is 1. The summed E-state index contributed by atoms with van der Waals surface area (Å²) in [4.78, 5) is 16.8. The molecular formula is C16H24N2OS. The zero-order valence-electron chi connectivity index (χ0n) is 12.6. The van der Waals surface area contributed by atoms with E-state index in [-0.39, 0.29) is 5.91 Å². The van der Waals surface area contributed by atoms with Crippen molar-refractivity contribution in [2.24, 2.45) is 0 Å². The number of hydrogen-bond acceptors (Lipinski definition) is 3. The third-order valence-corrected chi connectivity index (χ3v) is 4.75. The van der Waals surface area contributed by atoms with Crippen LogP contribution in [0.2, 0.25) is 0 Å². The predicted molar refractivity (Wildman–Crippen MR) is 86.0 cm³/mol. The molecule has 0 radical (unpaired) electrons. The third kappa shape index (κ3) is 3.76. The summed E-state index contributed by atoms with van der Waals surface area (Å²) in [6, 6.07) is 8.05. The minimum Gasteiger partial charge on any atom is -0.326 e. The van der Waals surface area contributed by atoms with Crippen molar-refractivity contribution >= 4 is 17.7 Å². The minimum absolute atomic E-state index is 0.189. The Hall–Kier alpha value is -1.00. The molecule has 0 saturated carbocycles. The molecule has 1 atom stereocenters. The first-order chi connectivity index (χ1) is 9.61. The summed E-state index contributed by atoms with van der Waals surface area (Å²) in [6.45, 7) is 3.93. The van der Waals surface area contributed by atoms with Gasteiger partial charge < -0.3 is 9.80 Å². The van der Waals surface area contributed by atoms with Crippen molar-refractivity contribution in [3.63, 3.8) is 0 Å². The van der Waals surface area contributed by atoms with Crippen molar-refractivity contribution in [3.05, 3.63) is 35.4 Å². The van der Waals surface area contributed by atoms with Gasteiger partial charge in [0.25, 0.3) is 5.91 Å². The van der Waals surface area contributed by atoms with Gasteiger partial charge >= 0.3 is 0 Å². The first-order valence-corrected chi connectivity index (χ1v) is 8.33. The van der Waals surface area contributed by atoms with Gasteiger partial charge in [0.2, 0.25) is 0 Å². The number of nitrogens with zero attached hydrogens (tertiary/aromatic N) is 2. The lowest BCUT2D eigenvalue weighted by atomic mass is 10.1. The van der Waals surface area contributed by atoms with Crippen molar-refractivity contribution in [2.75, 3.05) is 26.4 Å². The van der Waals surface area contributed by atoms with E-state index in [0.29, 0.717) is 5.37 Å². The van der Waals surface area contributed by atoms with Crippen LogP contribution in [0.1, 0.15) is 35.7 Å². The highest BCUT2D eigenvalue weighted by atomic mass is 32.2. The SMILES string of the molecule is CCCC1SCCN1C(=O)c1cccc(CN(C)C)c1. The Kier molecular flexibility index (Phi) is 5.49. The van der Waals surface area contributed by atoms with Crippen molar-refractivity contribution in [1.82, 2.24) is 9.80 Å². The molecule has 20 heavy (non-hydrogen) atoms. The summed E-state index contributed by atoms with van der Waals surface area (Å²) >= 11 is 1.91. The molecule has 0 bridgehead atoms. The first kappa shape index (κ1) is 15.4. The molecule has 110 valence electrons. The van der Waals surface area contributed by atoms with Crippen LogP contribution in [-0.4, -0.2) is 47.5 Å². The summed E-state index contributed by atoms with van der Waals surface area (Å²) in [5.74, 6) is 1.25. The number of thioether (sulfide) groups is 1. The summed E-state index contributed by atoms with van der Waals surface area (Å²) in [5, 5.41) is 0.366. The Morgan fingerprint density at radius 2 is 2.25 bits per heavy atom. The van der Waals surface area contributed by atoms with Gasteiger partial charge in [0.1, 0.15) is 0 Å². The number of carbonyl (C=O) groups is 1. The lowest BCUT2D eigenvalue weighted by Crippen LogP contribution is -2.34. The normalized spacial score (nSPS) is 18.8. The quantitative estimate of drug-likeness (QED) is 0.833. The monoisotopic (exact) mass is 292 g/mol. The zero-order valence-corrected chi connectivity index (χ0v) is 13.4. The summed E-state index contributed by atoms with van der Waals surface area (Å²) in [5.41, 5.74) is 2.02. The maximum atomic E-state index is 12.7. The summed E-state index contributed by atoms with van der Waals surface area (Å²) < 4.78 is 0. The van der Waals surface area contributed by atoms with Crippen molar-refractivity contribution in [2.45, 2.75) is 31.7 Å². The molecule has 0 spiro atoms. The van der Waals surface area contributed by atoms with Crippen molar-refractivity contribution in [3.8, 4) is 0 Å². The summed E-state index contributed by atoms with van der Waals surface area (Å²) in [6.07, 6.45) is 2.22. The van der Waals surface area contributed by atoms with Crippen LogP contribution in [0, 0.1) is 0 Å². The van der Waals surface area contributed by atoms with Gasteiger partial charge in [-0.25, -0.2) is 0 Å². The predicted octanol–water partition coefficient (Wildman–Crippen LogP) is 3.06. The highest BCUT2D eigenvalue weighted by Crippen LogP contribution is 2.28. The second-order valence-electron chi connectivity index (χ2n) is 5.55. The second-order valence-corrected chi connectivity index (χ2v) is 6.84. The van der Waals surface area contributed by atoms with Gasteiger partial charge in [-0.1, -0.05) is 25.5 Å². The Labute approximate surface area is 126 Å². The molecule has 1 aromatic carbocycles. The maximum Gasteiger partial charge on any atom is 0.254 e. The van der Waals surface area contributed by atoms with Gasteiger partial charge in [-0.15, -0.1) is 11.8 Å². The number of benzene rings is 1. The molecule has 1 unspecified atom stereocenters. The second kappa shape index (κ2) is 7.14. The molecule has 1 fully saturated rings. The molecule has 1 aromatic rings. The molecule has 1 amide bonds. The van der Waals surface area contributed by atoms with Gasteiger partial charge in [-0.2, -0.15) is 0 Å². The Bertz CT molecular complexity index is 462. The molecule has 2 rings (SSSR count). The lowest BCUT2D eigenvalue weighted by Gasteiger charge is -2.23. The number of carbonyl (C=O) groups excluding carboxylic acids is 1. The van der Waals surface area contributed by atoms with Gasteiger partial charge in [0.15, 0.2) is 0 Å². The van der Waals surface area contributed by atoms with Crippen LogP contribution in [0.5, 0.6) is 0 Å². The fourth-order valence-corrected chi connectivity index (χ4v) is 3.93. The molecular weight excluding hydrogens is 268 g/mol. The van der Waals surface area contributed by atoms with E-state index in [1.165, 1.54) is 5.56 Å². The molecule has 3 nitrogen and oxygen atoms in total. The van der Waals surface area contributed by atoms with Crippen LogP contribution in [0.15, 0.2) is 24.3 Å². The molecule has 0 N–H and O–H groups in total. The topological polar surface area (TPSA) is 23.6 Å². The number of rotatable bonds is 5. The standard InChI is InChI=1S/C16H24N2OS/c1-4-6-15-18(9-10-20-15)16(19)14-8-5-7-13(11-14)12-17(2)3/h5,7-8,11,15H,4,6,9-10,12H2,1-3H3. The third-order valence-electron chi connectivity index (χ3n) is 3.46. The largest absolute Gasteiger partial charge is 0.326 e. The van der Waals surface area contributed by atoms with E-state index >= 15 is 0 Å².